The van der Waals surface area contributed by atoms with Crippen molar-refractivity contribution >= 4 is 28.2 Å². The number of benzene rings is 1. The van der Waals surface area contributed by atoms with Gasteiger partial charge in [-0.1, -0.05) is 11.6 Å². The number of rotatable bonds is 3. The molecule has 3 N–H and O–H groups in total. The largest absolute Gasteiger partial charge is 0.507 e. The number of aromatic nitrogens is 3. The smallest absolute Gasteiger partial charge is 0.158 e. The molecule has 0 fully saturated rings. The van der Waals surface area contributed by atoms with E-state index in [2.05, 4.69) is 26.0 Å². The van der Waals surface area contributed by atoms with E-state index in [9.17, 15) is 5.11 Å². The van der Waals surface area contributed by atoms with Gasteiger partial charge in [0, 0.05) is 33.8 Å². The first-order valence-electron chi connectivity index (χ1n) is 8.41. The Labute approximate surface area is 161 Å². The monoisotopic (exact) mass is 383 g/mol. The molecule has 1 aliphatic heterocycles. The van der Waals surface area contributed by atoms with E-state index in [0.717, 1.165) is 10.8 Å². The van der Waals surface area contributed by atoms with Crippen molar-refractivity contribution in [3.63, 3.8) is 0 Å². The van der Waals surface area contributed by atoms with Crippen molar-refractivity contribution in [2.24, 2.45) is 0 Å². The number of hydrogen-bond acceptors (Lipinski definition) is 7. The van der Waals surface area contributed by atoms with Crippen molar-refractivity contribution in [1.82, 2.24) is 20.7 Å². The summed E-state index contributed by atoms with van der Waals surface area (Å²) in [4.78, 5) is 9.41. The van der Waals surface area contributed by atoms with Crippen LogP contribution in [0.5, 0.6) is 5.75 Å². The minimum Gasteiger partial charge on any atom is -0.507 e. The lowest BCUT2D eigenvalue weighted by Gasteiger charge is -2.35. The number of hydrogen-bond donors (Lipinski definition) is 3. The predicted molar refractivity (Wildman–Crippen MR) is 104 cm³/mol. The lowest BCUT2D eigenvalue weighted by atomic mass is 9.94. The molecular formula is C19H18ClN5O2. The topological polar surface area (TPSA) is 92.2 Å². The van der Waals surface area contributed by atoms with E-state index in [-0.39, 0.29) is 17.3 Å². The SMILES string of the molecule is CC1(C)NOC=C[C@@H]1Nc1nnc(-c2ccc(Cl)cc2O)c2ccncc12. The fourth-order valence-electron chi connectivity index (χ4n) is 2.99. The van der Waals surface area contributed by atoms with Crippen LogP contribution < -0.4 is 10.8 Å². The predicted octanol–water partition coefficient (Wildman–Crippen LogP) is 3.66. The van der Waals surface area contributed by atoms with Crippen LogP contribution in [0.2, 0.25) is 5.02 Å². The molecule has 3 aromatic rings. The van der Waals surface area contributed by atoms with E-state index in [1.54, 1.807) is 30.8 Å². The molecule has 8 heteroatoms. The number of anilines is 1. The average molecular weight is 384 g/mol. The lowest BCUT2D eigenvalue weighted by molar-refractivity contribution is 0.0415. The molecule has 0 spiro atoms. The molecule has 0 unspecified atom stereocenters. The van der Waals surface area contributed by atoms with Crippen LogP contribution in [0.4, 0.5) is 5.82 Å². The second-order valence-corrected chi connectivity index (χ2v) is 7.31. The van der Waals surface area contributed by atoms with Gasteiger partial charge in [0.1, 0.15) is 17.7 Å². The normalized spacial score (nSPS) is 18.3. The average Bonchev–Trinajstić information content (AvgIpc) is 2.64. The number of pyridine rings is 1. The molecule has 2 aromatic heterocycles. The third-order valence-corrected chi connectivity index (χ3v) is 4.76. The van der Waals surface area contributed by atoms with Gasteiger partial charge in [-0.2, -0.15) is 0 Å². The van der Waals surface area contributed by atoms with E-state index in [0.29, 0.717) is 22.1 Å². The van der Waals surface area contributed by atoms with Crippen LogP contribution in [0, 0.1) is 0 Å². The number of nitrogens with one attached hydrogen (secondary N) is 2. The van der Waals surface area contributed by atoms with Crippen LogP contribution in [0.15, 0.2) is 49.0 Å². The van der Waals surface area contributed by atoms with Gasteiger partial charge in [-0.05, 0) is 44.2 Å². The summed E-state index contributed by atoms with van der Waals surface area (Å²) < 4.78 is 0. The maximum absolute atomic E-state index is 10.3. The first kappa shape index (κ1) is 17.5. The first-order valence-corrected chi connectivity index (χ1v) is 8.79. The zero-order valence-electron chi connectivity index (χ0n) is 14.8. The summed E-state index contributed by atoms with van der Waals surface area (Å²) in [5.74, 6) is 0.648. The van der Waals surface area contributed by atoms with E-state index >= 15 is 0 Å². The van der Waals surface area contributed by atoms with Crippen molar-refractivity contribution in [2.75, 3.05) is 5.32 Å². The van der Waals surface area contributed by atoms with Crippen molar-refractivity contribution in [1.29, 1.82) is 0 Å². The van der Waals surface area contributed by atoms with E-state index < -0.39 is 0 Å². The number of hydroxylamine groups is 1. The number of halogens is 1. The Hall–Kier alpha value is -2.90. The number of phenols is 1. The van der Waals surface area contributed by atoms with Crippen LogP contribution in [0.1, 0.15) is 13.8 Å². The van der Waals surface area contributed by atoms with Crippen molar-refractivity contribution < 1.29 is 9.94 Å². The Morgan fingerprint density at radius 2 is 2.07 bits per heavy atom. The second kappa shape index (κ2) is 6.68. The standard InChI is InChI=1S/C19H18ClN5O2/c1-19(2)16(6-8-27-25-19)22-18-14-10-21-7-5-12(14)17(23-24-18)13-4-3-11(20)9-15(13)26/h3-10,16,25-26H,1-2H3,(H,22,24)/t16-/m0/s1. The molecule has 1 atom stereocenters. The summed E-state index contributed by atoms with van der Waals surface area (Å²) in [5, 5.41) is 24.5. The summed E-state index contributed by atoms with van der Waals surface area (Å²) >= 11 is 5.94. The maximum Gasteiger partial charge on any atom is 0.158 e. The van der Waals surface area contributed by atoms with E-state index in [1.165, 1.54) is 6.07 Å². The van der Waals surface area contributed by atoms with Gasteiger partial charge < -0.3 is 15.3 Å². The molecule has 0 radical (unpaired) electrons. The Morgan fingerprint density at radius 1 is 1.22 bits per heavy atom. The molecule has 4 rings (SSSR count). The van der Waals surface area contributed by atoms with Crippen molar-refractivity contribution in [3.8, 4) is 17.0 Å². The molecule has 3 heterocycles. The summed E-state index contributed by atoms with van der Waals surface area (Å²) in [6.45, 7) is 4.03. The minimum absolute atomic E-state index is 0.0494. The van der Waals surface area contributed by atoms with Gasteiger partial charge in [0.05, 0.1) is 11.6 Å². The van der Waals surface area contributed by atoms with Crippen LogP contribution >= 0.6 is 11.6 Å². The highest BCUT2D eigenvalue weighted by molar-refractivity contribution is 6.30. The fraction of sp³-hybridized carbons (Fsp3) is 0.211. The van der Waals surface area contributed by atoms with Gasteiger partial charge in [-0.25, -0.2) is 0 Å². The molecule has 27 heavy (non-hydrogen) atoms. The Kier molecular flexibility index (Phi) is 4.33. The van der Waals surface area contributed by atoms with Gasteiger partial charge >= 0.3 is 0 Å². The maximum atomic E-state index is 10.3. The van der Waals surface area contributed by atoms with Gasteiger partial charge in [0.25, 0.3) is 0 Å². The lowest BCUT2D eigenvalue weighted by Crippen LogP contribution is -2.53. The van der Waals surface area contributed by atoms with Gasteiger partial charge in [0.2, 0.25) is 0 Å². The number of phenolic OH excluding ortho intramolecular Hbond substituents is 1. The third-order valence-electron chi connectivity index (χ3n) is 4.53. The molecule has 0 amide bonds. The molecule has 138 valence electrons. The molecular weight excluding hydrogens is 366 g/mol. The molecule has 0 bridgehead atoms. The minimum atomic E-state index is -0.349. The molecule has 7 nitrogen and oxygen atoms in total. The Balaban J connectivity index is 1.81. The first-order chi connectivity index (χ1) is 13.0. The van der Waals surface area contributed by atoms with Crippen LogP contribution in [0.25, 0.3) is 22.0 Å². The van der Waals surface area contributed by atoms with Crippen LogP contribution in [-0.4, -0.2) is 31.9 Å². The summed E-state index contributed by atoms with van der Waals surface area (Å²) in [5.41, 5.74) is 3.74. The Bertz CT molecular complexity index is 1040. The highest BCUT2D eigenvalue weighted by atomic mass is 35.5. The van der Waals surface area contributed by atoms with Crippen molar-refractivity contribution in [2.45, 2.75) is 25.4 Å². The van der Waals surface area contributed by atoms with E-state index in [4.69, 9.17) is 16.4 Å². The zero-order valence-corrected chi connectivity index (χ0v) is 15.5. The number of aromatic hydroxyl groups is 1. The molecule has 1 aromatic carbocycles. The Morgan fingerprint density at radius 3 is 2.85 bits per heavy atom. The number of fused-ring (bicyclic) bond motifs is 1. The van der Waals surface area contributed by atoms with E-state index in [1.807, 2.05) is 26.0 Å². The summed E-state index contributed by atoms with van der Waals surface area (Å²) in [6.07, 6.45) is 6.92. The quantitative estimate of drug-likeness (QED) is 0.635. The highest BCUT2D eigenvalue weighted by Crippen LogP contribution is 2.36. The highest BCUT2D eigenvalue weighted by Gasteiger charge is 2.31. The summed E-state index contributed by atoms with van der Waals surface area (Å²) in [6, 6.07) is 6.70. The van der Waals surface area contributed by atoms with Gasteiger partial charge in [-0.3, -0.25) is 4.98 Å². The van der Waals surface area contributed by atoms with Crippen molar-refractivity contribution in [3.05, 3.63) is 54.0 Å². The van der Waals surface area contributed by atoms with Crippen LogP contribution in [-0.2, 0) is 4.84 Å². The molecule has 0 saturated carbocycles. The third kappa shape index (κ3) is 3.27. The zero-order chi connectivity index (χ0) is 19.0. The second-order valence-electron chi connectivity index (χ2n) is 6.87. The molecule has 1 aliphatic rings. The number of nitrogens with zero attached hydrogens (tertiary/aromatic N) is 3. The van der Waals surface area contributed by atoms with Gasteiger partial charge in [-0.15, -0.1) is 15.7 Å². The molecule has 0 aliphatic carbocycles. The van der Waals surface area contributed by atoms with Gasteiger partial charge in [0.15, 0.2) is 5.82 Å². The summed E-state index contributed by atoms with van der Waals surface area (Å²) in [7, 11) is 0. The molecule has 0 saturated heterocycles. The van der Waals surface area contributed by atoms with Crippen LogP contribution in [0.3, 0.4) is 0 Å². The fourth-order valence-corrected chi connectivity index (χ4v) is 3.16.